The van der Waals surface area contributed by atoms with Crippen molar-refractivity contribution in [2.45, 2.75) is 0 Å². The van der Waals surface area contributed by atoms with E-state index < -0.39 is 0 Å². The van der Waals surface area contributed by atoms with Crippen LogP contribution >= 0.6 is 11.6 Å². The number of amides is 1. The topological polar surface area (TPSA) is 49.6 Å². The molecule has 124 valence electrons. The van der Waals surface area contributed by atoms with Crippen molar-refractivity contribution in [3.05, 3.63) is 59.4 Å². The van der Waals surface area contributed by atoms with Crippen molar-refractivity contribution >= 4 is 23.2 Å². The molecule has 3 rings (SSSR count). The van der Waals surface area contributed by atoms with Crippen molar-refractivity contribution in [1.82, 2.24) is 19.6 Å². The predicted molar refractivity (Wildman–Crippen MR) is 96.5 cm³/mol. The number of halogens is 1. The molecule has 1 aromatic carbocycles. The monoisotopic (exact) mass is 342 g/mol. The Morgan fingerprint density at radius 3 is 2.67 bits per heavy atom. The Bertz CT molecular complexity index is 855. The number of imidazole rings is 1. The maximum absolute atomic E-state index is 12.6. The third-order valence-corrected chi connectivity index (χ3v) is 3.96. The highest BCUT2D eigenvalue weighted by molar-refractivity contribution is 6.30. The molecule has 0 aliphatic heterocycles. The number of carbonyl (C=O) groups is 1. The molecule has 0 spiro atoms. The van der Waals surface area contributed by atoms with Crippen molar-refractivity contribution in [1.29, 1.82) is 0 Å². The Labute approximate surface area is 145 Å². The quantitative estimate of drug-likeness (QED) is 0.775. The minimum atomic E-state index is -0.175. The smallest absolute Gasteiger partial charge is 0.272 e. The zero-order chi connectivity index (χ0) is 17.1. The summed E-state index contributed by atoms with van der Waals surface area (Å²) in [5, 5.41) is 3.59. The molecule has 0 bridgehead atoms. The van der Waals surface area contributed by atoms with Gasteiger partial charge in [-0.3, -0.25) is 9.20 Å². The van der Waals surface area contributed by atoms with Gasteiger partial charge in [0, 0.05) is 29.9 Å². The first kappa shape index (κ1) is 16.5. The molecule has 0 aliphatic carbocycles. The summed E-state index contributed by atoms with van der Waals surface area (Å²) in [6.07, 6.45) is 1.91. The number of hydrogen-bond acceptors (Lipinski definition) is 3. The van der Waals surface area contributed by atoms with Gasteiger partial charge in [0.15, 0.2) is 5.69 Å². The lowest BCUT2D eigenvalue weighted by Crippen LogP contribution is -2.31. The maximum Gasteiger partial charge on any atom is 0.272 e. The summed E-state index contributed by atoms with van der Waals surface area (Å²) in [7, 11) is 3.94. The van der Waals surface area contributed by atoms with Crippen LogP contribution in [0.3, 0.4) is 0 Å². The number of fused-ring (bicyclic) bond motifs is 1. The average Bonchev–Trinajstić information content (AvgIpc) is 2.95. The second kappa shape index (κ2) is 7.03. The standard InChI is InChI=1S/C18H19ClN4O/c1-22(2)12-10-20-18(24)16-17(13-6-8-14(19)9-7-13)23-11-4-3-5-15(23)21-16/h3-9,11H,10,12H2,1-2H3,(H,20,24). The van der Waals surface area contributed by atoms with E-state index in [1.54, 1.807) is 0 Å². The van der Waals surface area contributed by atoms with E-state index in [-0.39, 0.29) is 5.91 Å². The van der Waals surface area contributed by atoms with Gasteiger partial charge in [0.2, 0.25) is 0 Å². The van der Waals surface area contributed by atoms with Crippen molar-refractivity contribution < 1.29 is 4.79 Å². The number of pyridine rings is 1. The summed E-state index contributed by atoms with van der Waals surface area (Å²) in [5.41, 5.74) is 2.82. The van der Waals surface area contributed by atoms with Crippen LogP contribution in [0.5, 0.6) is 0 Å². The largest absolute Gasteiger partial charge is 0.349 e. The van der Waals surface area contributed by atoms with Crippen LogP contribution in [0.25, 0.3) is 16.9 Å². The fourth-order valence-corrected chi connectivity index (χ4v) is 2.64. The van der Waals surface area contributed by atoms with Crippen LogP contribution in [0.1, 0.15) is 10.5 Å². The number of aromatic nitrogens is 2. The molecular formula is C18H19ClN4O. The molecule has 0 saturated carbocycles. The number of nitrogens with zero attached hydrogens (tertiary/aromatic N) is 3. The molecule has 6 heteroatoms. The van der Waals surface area contributed by atoms with E-state index in [1.165, 1.54) is 0 Å². The van der Waals surface area contributed by atoms with Gasteiger partial charge in [-0.2, -0.15) is 0 Å². The lowest BCUT2D eigenvalue weighted by Gasteiger charge is -2.10. The molecule has 3 aromatic rings. The molecule has 0 unspecified atom stereocenters. The van der Waals surface area contributed by atoms with Crippen molar-refractivity contribution in [2.75, 3.05) is 27.2 Å². The first-order chi connectivity index (χ1) is 11.6. The van der Waals surface area contributed by atoms with Crippen LogP contribution in [0.15, 0.2) is 48.7 Å². The number of likely N-dealkylation sites (N-methyl/N-ethyl adjacent to an activating group) is 1. The van der Waals surface area contributed by atoms with E-state index in [0.29, 0.717) is 17.3 Å². The first-order valence-corrected chi connectivity index (χ1v) is 8.10. The molecular weight excluding hydrogens is 324 g/mol. The first-order valence-electron chi connectivity index (χ1n) is 7.72. The van der Waals surface area contributed by atoms with E-state index in [4.69, 9.17) is 11.6 Å². The fourth-order valence-electron chi connectivity index (χ4n) is 2.51. The summed E-state index contributed by atoms with van der Waals surface area (Å²) in [6, 6.07) is 13.1. The zero-order valence-corrected chi connectivity index (χ0v) is 14.4. The molecule has 0 radical (unpaired) electrons. The van der Waals surface area contributed by atoms with E-state index in [9.17, 15) is 4.79 Å². The Balaban J connectivity index is 2.02. The van der Waals surface area contributed by atoms with Gasteiger partial charge < -0.3 is 10.2 Å². The molecule has 0 atom stereocenters. The Morgan fingerprint density at radius 2 is 1.96 bits per heavy atom. The second-order valence-electron chi connectivity index (χ2n) is 5.80. The predicted octanol–water partition coefficient (Wildman–Crippen LogP) is 2.95. The van der Waals surface area contributed by atoms with Gasteiger partial charge in [-0.1, -0.05) is 29.8 Å². The molecule has 0 fully saturated rings. The van der Waals surface area contributed by atoms with Crippen molar-refractivity contribution in [3.63, 3.8) is 0 Å². The summed E-state index contributed by atoms with van der Waals surface area (Å²) >= 11 is 5.99. The molecule has 0 aliphatic rings. The van der Waals surface area contributed by atoms with E-state index in [1.807, 2.05) is 72.1 Å². The van der Waals surface area contributed by atoms with Crippen LogP contribution in [0.4, 0.5) is 0 Å². The highest BCUT2D eigenvalue weighted by Crippen LogP contribution is 2.26. The van der Waals surface area contributed by atoms with Gasteiger partial charge in [0.1, 0.15) is 5.65 Å². The zero-order valence-electron chi connectivity index (χ0n) is 13.7. The van der Waals surface area contributed by atoms with Crippen LogP contribution in [-0.2, 0) is 0 Å². The van der Waals surface area contributed by atoms with Gasteiger partial charge >= 0.3 is 0 Å². The highest BCUT2D eigenvalue weighted by Gasteiger charge is 2.19. The third-order valence-electron chi connectivity index (χ3n) is 3.71. The number of carbonyl (C=O) groups excluding carboxylic acids is 1. The van der Waals surface area contributed by atoms with Gasteiger partial charge in [-0.25, -0.2) is 4.98 Å². The van der Waals surface area contributed by atoms with Crippen LogP contribution < -0.4 is 5.32 Å². The van der Waals surface area contributed by atoms with Gasteiger partial charge in [-0.05, 0) is 38.4 Å². The molecule has 1 amide bonds. The Kier molecular flexibility index (Phi) is 4.83. The number of rotatable bonds is 5. The van der Waals surface area contributed by atoms with Crippen molar-refractivity contribution in [2.24, 2.45) is 0 Å². The SMILES string of the molecule is CN(C)CCNC(=O)c1nc2ccccn2c1-c1ccc(Cl)cc1. The maximum atomic E-state index is 12.6. The molecule has 0 saturated heterocycles. The van der Waals surface area contributed by atoms with Gasteiger partial charge in [0.25, 0.3) is 5.91 Å². The lowest BCUT2D eigenvalue weighted by molar-refractivity contribution is 0.0947. The molecule has 24 heavy (non-hydrogen) atoms. The van der Waals surface area contributed by atoms with Crippen LogP contribution in [-0.4, -0.2) is 47.4 Å². The normalized spacial score (nSPS) is 11.2. The third kappa shape index (κ3) is 3.42. The molecule has 2 heterocycles. The van der Waals surface area contributed by atoms with Crippen LogP contribution in [0.2, 0.25) is 5.02 Å². The van der Waals surface area contributed by atoms with Crippen molar-refractivity contribution in [3.8, 4) is 11.3 Å². The van der Waals surface area contributed by atoms with Gasteiger partial charge in [0.05, 0.1) is 5.69 Å². The van der Waals surface area contributed by atoms with E-state index >= 15 is 0 Å². The molecule has 2 aromatic heterocycles. The molecule has 1 N–H and O–H groups in total. The lowest BCUT2D eigenvalue weighted by atomic mass is 10.1. The summed E-state index contributed by atoms with van der Waals surface area (Å²) in [6.45, 7) is 1.34. The minimum absolute atomic E-state index is 0.175. The second-order valence-corrected chi connectivity index (χ2v) is 6.24. The fraction of sp³-hybridized carbons (Fsp3) is 0.222. The Morgan fingerprint density at radius 1 is 1.21 bits per heavy atom. The summed E-state index contributed by atoms with van der Waals surface area (Å²) < 4.78 is 1.92. The van der Waals surface area contributed by atoms with Gasteiger partial charge in [-0.15, -0.1) is 0 Å². The number of benzene rings is 1. The summed E-state index contributed by atoms with van der Waals surface area (Å²) in [5.74, 6) is -0.175. The number of hydrogen-bond donors (Lipinski definition) is 1. The number of nitrogens with one attached hydrogen (secondary N) is 1. The minimum Gasteiger partial charge on any atom is -0.349 e. The van der Waals surface area contributed by atoms with E-state index in [0.717, 1.165) is 23.4 Å². The Hall–Kier alpha value is -2.37. The highest BCUT2D eigenvalue weighted by atomic mass is 35.5. The molecule has 5 nitrogen and oxygen atoms in total. The summed E-state index contributed by atoms with van der Waals surface area (Å²) in [4.78, 5) is 19.2. The van der Waals surface area contributed by atoms with E-state index in [2.05, 4.69) is 10.3 Å². The van der Waals surface area contributed by atoms with Crippen LogP contribution in [0, 0.1) is 0 Å². The average molecular weight is 343 g/mol.